The molecule has 1 amide bonds. The molecule has 0 aromatic carbocycles. The van der Waals surface area contributed by atoms with Crippen LogP contribution in [0.25, 0.3) is 0 Å². The Morgan fingerprint density at radius 1 is 1.53 bits per heavy atom. The molecule has 1 aromatic heterocycles. The lowest BCUT2D eigenvalue weighted by Crippen LogP contribution is -2.36. The summed E-state index contributed by atoms with van der Waals surface area (Å²) in [5, 5.41) is 5.22. The summed E-state index contributed by atoms with van der Waals surface area (Å²) in [6, 6.07) is 4.19. The van der Waals surface area contributed by atoms with Crippen LogP contribution in [0.3, 0.4) is 0 Å². The largest absolute Gasteiger partial charge is 0.341 e. The fourth-order valence-electron chi connectivity index (χ4n) is 1.76. The molecule has 2 rings (SSSR count). The van der Waals surface area contributed by atoms with Gasteiger partial charge in [0.1, 0.15) is 0 Å². The predicted octanol–water partition coefficient (Wildman–Crippen LogP) is 1.11. The van der Waals surface area contributed by atoms with Gasteiger partial charge in [0.05, 0.1) is 6.54 Å². The smallest absolute Gasteiger partial charge is 0.236 e. The number of carbonyl (C=O) groups excluding carboxylic acids is 1. The van der Waals surface area contributed by atoms with Crippen LogP contribution in [0.4, 0.5) is 0 Å². The van der Waals surface area contributed by atoms with Gasteiger partial charge in [-0.3, -0.25) is 4.79 Å². The first kappa shape index (κ1) is 10.6. The lowest BCUT2D eigenvalue weighted by atomic mass is 10.3. The van der Waals surface area contributed by atoms with Crippen molar-refractivity contribution in [2.75, 3.05) is 26.2 Å². The van der Waals surface area contributed by atoms with Gasteiger partial charge in [0.15, 0.2) is 0 Å². The highest BCUT2D eigenvalue weighted by Gasteiger charge is 2.15. The van der Waals surface area contributed by atoms with Gasteiger partial charge in [-0.05, 0) is 30.8 Å². The zero-order valence-electron chi connectivity index (χ0n) is 8.74. The van der Waals surface area contributed by atoms with Crippen LogP contribution in [0, 0.1) is 0 Å². The first-order valence-electron chi connectivity index (χ1n) is 5.37. The van der Waals surface area contributed by atoms with Crippen LogP contribution in [0.2, 0.25) is 0 Å². The molecule has 1 aliphatic heterocycles. The Labute approximate surface area is 94.1 Å². The van der Waals surface area contributed by atoms with Crippen LogP contribution in [0.5, 0.6) is 0 Å². The molecule has 0 radical (unpaired) electrons. The fourth-order valence-corrected chi connectivity index (χ4v) is 2.46. The van der Waals surface area contributed by atoms with E-state index in [-0.39, 0.29) is 5.91 Å². The quantitative estimate of drug-likeness (QED) is 0.834. The topological polar surface area (TPSA) is 32.3 Å². The van der Waals surface area contributed by atoms with Crippen molar-refractivity contribution < 1.29 is 4.79 Å². The fraction of sp³-hybridized carbons (Fsp3) is 0.545. The molecule has 1 aliphatic rings. The van der Waals surface area contributed by atoms with E-state index in [0.29, 0.717) is 6.54 Å². The highest BCUT2D eigenvalue weighted by Crippen LogP contribution is 2.10. The predicted molar refractivity (Wildman–Crippen MR) is 62.1 cm³/mol. The number of amides is 1. The maximum absolute atomic E-state index is 11.6. The van der Waals surface area contributed by atoms with Crippen molar-refractivity contribution in [3.63, 3.8) is 0 Å². The van der Waals surface area contributed by atoms with Crippen LogP contribution in [-0.2, 0) is 11.2 Å². The van der Waals surface area contributed by atoms with Crippen LogP contribution in [-0.4, -0.2) is 37.0 Å². The van der Waals surface area contributed by atoms with Crippen molar-refractivity contribution >= 4 is 17.2 Å². The third kappa shape index (κ3) is 3.04. The molecule has 82 valence electrons. The van der Waals surface area contributed by atoms with Gasteiger partial charge in [-0.25, -0.2) is 0 Å². The van der Waals surface area contributed by atoms with Gasteiger partial charge >= 0.3 is 0 Å². The lowest BCUT2D eigenvalue weighted by molar-refractivity contribution is -0.129. The summed E-state index contributed by atoms with van der Waals surface area (Å²) in [6.45, 7) is 3.23. The summed E-state index contributed by atoms with van der Waals surface area (Å²) >= 11 is 1.76. The Balaban J connectivity index is 1.84. The van der Waals surface area contributed by atoms with Crippen LogP contribution >= 0.6 is 11.3 Å². The van der Waals surface area contributed by atoms with Crippen molar-refractivity contribution in [3.8, 4) is 0 Å². The second-order valence-electron chi connectivity index (χ2n) is 3.74. The van der Waals surface area contributed by atoms with E-state index in [9.17, 15) is 4.79 Å². The average Bonchev–Trinajstić information content (AvgIpc) is 2.67. The Bertz CT molecular complexity index is 310. The van der Waals surface area contributed by atoms with Gasteiger partial charge in [-0.15, -0.1) is 11.3 Å². The highest BCUT2D eigenvalue weighted by molar-refractivity contribution is 7.09. The molecule has 2 heterocycles. The monoisotopic (exact) mass is 224 g/mol. The summed E-state index contributed by atoms with van der Waals surface area (Å²) in [5.41, 5.74) is 0. The molecule has 0 saturated carbocycles. The normalized spacial score (nSPS) is 17.9. The van der Waals surface area contributed by atoms with Crippen molar-refractivity contribution in [3.05, 3.63) is 22.4 Å². The molecule has 0 bridgehead atoms. The minimum atomic E-state index is 0.240. The second-order valence-corrected chi connectivity index (χ2v) is 4.77. The molecule has 0 unspecified atom stereocenters. The molecule has 0 atom stereocenters. The van der Waals surface area contributed by atoms with Crippen molar-refractivity contribution in [2.45, 2.75) is 12.8 Å². The highest BCUT2D eigenvalue weighted by atomic mass is 32.1. The SMILES string of the molecule is O=C1CNCCCN1CCc1cccs1. The number of carbonyl (C=O) groups is 1. The number of nitrogens with one attached hydrogen (secondary N) is 1. The Morgan fingerprint density at radius 2 is 2.47 bits per heavy atom. The average molecular weight is 224 g/mol. The van der Waals surface area contributed by atoms with E-state index in [1.807, 2.05) is 4.90 Å². The zero-order valence-corrected chi connectivity index (χ0v) is 9.55. The summed E-state index contributed by atoms with van der Waals surface area (Å²) in [6.07, 6.45) is 2.06. The standard InChI is InChI=1S/C11H16N2OS/c14-11-9-12-5-2-6-13(11)7-4-10-3-1-8-15-10/h1,3,8,12H,2,4-7,9H2. The molecular weight excluding hydrogens is 208 g/mol. The maximum Gasteiger partial charge on any atom is 0.236 e. The number of rotatable bonds is 3. The molecule has 1 saturated heterocycles. The van der Waals surface area contributed by atoms with Gasteiger partial charge in [0, 0.05) is 18.0 Å². The number of hydrogen-bond acceptors (Lipinski definition) is 3. The Kier molecular flexibility index (Phi) is 3.75. The summed E-state index contributed by atoms with van der Waals surface area (Å²) in [7, 11) is 0. The molecule has 4 heteroatoms. The Hall–Kier alpha value is -0.870. The molecule has 1 aromatic rings. The first-order valence-corrected chi connectivity index (χ1v) is 6.25. The van der Waals surface area contributed by atoms with E-state index in [1.54, 1.807) is 11.3 Å². The maximum atomic E-state index is 11.6. The lowest BCUT2D eigenvalue weighted by Gasteiger charge is -2.19. The summed E-state index contributed by atoms with van der Waals surface area (Å²) in [5.74, 6) is 0.240. The number of hydrogen-bond donors (Lipinski definition) is 1. The van der Waals surface area contributed by atoms with Crippen molar-refractivity contribution in [1.82, 2.24) is 10.2 Å². The van der Waals surface area contributed by atoms with Crippen LogP contribution < -0.4 is 5.32 Å². The minimum Gasteiger partial charge on any atom is -0.341 e. The summed E-state index contributed by atoms with van der Waals surface area (Å²) < 4.78 is 0. The molecule has 15 heavy (non-hydrogen) atoms. The van der Waals surface area contributed by atoms with E-state index in [0.717, 1.165) is 32.5 Å². The van der Waals surface area contributed by atoms with Gasteiger partial charge < -0.3 is 10.2 Å². The van der Waals surface area contributed by atoms with E-state index in [1.165, 1.54) is 4.88 Å². The van der Waals surface area contributed by atoms with Crippen molar-refractivity contribution in [1.29, 1.82) is 0 Å². The van der Waals surface area contributed by atoms with Gasteiger partial charge in [-0.1, -0.05) is 6.07 Å². The van der Waals surface area contributed by atoms with Gasteiger partial charge in [0.2, 0.25) is 5.91 Å². The van der Waals surface area contributed by atoms with Gasteiger partial charge in [0.25, 0.3) is 0 Å². The molecular formula is C11H16N2OS. The third-order valence-electron chi connectivity index (χ3n) is 2.62. The zero-order chi connectivity index (χ0) is 10.5. The van der Waals surface area contributed by atoms with E-state index in [4.69, 9.17) is 0 Å². The van der Waals surface area contributed by atoms with Crippen LogP contribution in [0.1, 0.15) is 11.3 Å². The van der Waals surface area contributed by atoms with Crippen LogP contribution in [0.15, 0.2) is 17.5 Å². The van der Waals surface area contributed by atoms with E-state index >= 15 is 0 Å². The molecule has 3 nitrogen and oxygen atoms in total. The van der Waals surface area contributed by atoms with Crippen molar-refractivity contribution in [2.24, 2.45) is 0 Å². The summed E-state index contributed by atoms with van der Waals surface area (Å²) in [4.78, 5) is 15.0. The molecule has 0 spiro atoms. The van der Waals surface area contributed by atoms with E-state index < -0.39 is 0 Å². The number of thiophene rings is 1. The number of nitrogens with zero attached hydrogens (tertiary/aromatic N) is 1. The minimum absolute atomic E-state index is 0.240. The first-order chi connectivity index (χ1) is 7.36. The molecule has 0 aliphatic carbocycles. The second kappa shape index (κ2) is 5.28. The molecule has 1 fully saturated rings. The third-order valence-corrected chi connectivity index (χ3v) is 3.55. The molecule has 1 N–H and O–H groups in total. The van der Waals surface area contributed by atoms with Gasteiger partial charge in [-0.2, -0.15) is 0 Å². The van der Waals surface area contributed by atoms with E-state index in [2.05, 4.69) is 22.8 Å². The Morgan fingerprint density at radius 3 is 3.27 bits per heavy atom.